The van der Waals surface area contributed by atoms with Crippen LogP contribution in [0.15, 0.2) is 17.4 Å². The smallest absolute Gasteiger partial charge is 0.313 e. The molecule has 2 heterocycles. The molecule has 0 fully saturated rings. The lowest BCUT2D eigenvalue weighted by molar-refractivity contribution is -0.133. The van der Waals surface area contributed by atoms with Crippen molar-refractivity contribution in [3.8, 4) is 0 Å². The second-order valence-electron chi connectivity index (χ2n) is 4.59. The summed E-state index contributed by atoms with van der Waals surface area (Å²) in [5.74, 6) is -1.24. The fourth-order valence-electron chi connectivity index (χ4n) is 1.97. The second kappa shape index (κ2) is 6.13. The van der Waals surface area contributed by atoms with Crippen molar-refractivity contribution in [2.45, 2.75) is 25.0 Å². The number of fused-ring (bicyclic) bond motifs is 1. The third kappa shape index (κ3) is 3.15. The standard InChI is InChI=1S/C13H16N4O3S/c1-7-4-9-11(15-5-7)17(8(2)12(20)14-3)13(16-9)21-6-10(18)19/h4-5,8H,6H2,1-3H3,(H,14,20)(H,18,19). The first-order valence-corrected chi connectivity index (χ1v) is 7.33. The van der Waals surface area contributed by atoms with E-state index in [0.29, 0.717) is 16.3 Å². The minimum absolute atomic E-state index is 0.122. The summed E-state index contributed by atoms with van der Waals surface area (Å²) in [5.41, 5.74) is 2.18. The maximum absolute atomic E-state index is 11.9. The number of likely N-dealkylation sites (N-methyl/N-ethyl adjacent to an activating group) is 1. The van der Waals surface area contributed by atoms with Gasteiger partial charge in [0.1, 0.15) is 11.6 Å². The first-order valence-electron chi connectivity index (χ1n) is 6.34. The number of imidazole rings is 1. The summed E-state index contributed by atoms with van der Waals surface area (Å²) >= 11 is 1.08. The average molecular weight is 308 g/mol. The summed E-state index contributed by atoms with van der Waals surface area (Å²) in [4.78, 5) is 31.4. The largest absolute Gasteiger partial charge is 0.481 e. The Morgan fingerprint density at radius 3 is 2.86 bits per heavy atom. The topological polar surface area (TPSA) is 97.1 Å². The van der Waals surface area contributed by atoms with Crippen molar-refractivity contribution in [3.05, 3.63) is 17.8 Å². The summed E-state index contributed by atoms with van der Waals surface area (Å²) in [6.45, 7) is 3.63. The molecule has 0 spiro atoms. The molecule has 0 saturated carbocycles. The molecule has 8 heteroatoms. The number of carboxylic acid groups (broad SMARTS) is 1. The first-order chi connectivity index (χ1) is 9.93. The van der Waals surface area contributed by atoms with Crippen molar-refractivity contribution < 1.29 is 14.7 Å². The Labute approximate surface area is 125 Å². The van der Waals surface area contributed by atoms with E-state index in [1.807, 2.05) is 13.0 Å². The minimum atomic E-state index is -0.935. The number of amides is 1. The Bertz CT molecular complexity index is 698. The third-order valence-corrected chi connectivity index (χ3v) is 3.91. The number of carbonyl (C=O) groups excluding carboxylic acids is 1. The van der Waals surface area contributed by atoms with Crippen LogP contribution in [0.3, 0.4) is 0 Å². The molecule has 1 atom stereocenters. The lowest BCUT2D eigenvalue weighted by atomic mass is 10.3. The summed E-state index contributed by atoms with van der Waals surface area (Å²) < 4.78 is 1.67. The molecule has 0 radical (unpaired) electrons. The number of thioether (sulfide) groups is 1. The van der Waals surface area contributed by atoms with Crippen LogP contribution < -0.4 is 5.32 Å². The summed E-state index contributed by atoms with van der Waals surface area (Å²) in [5, 5.41) is 11.9. The highest BCUT2D eigenvalue weighted by Gasteiger charge is 2.22. The molecule has 0 bridgehead atoms. The Morgan fingerprint density at radius 2 is 2.24 bits per heavy atom. The lowest BCUT2D eigenvalue weighted by Crippen LogP contribution is -2.28. The minimum Gasteiger partial charge on any atom is -0.481 e. The van der Waals surface area contributed by atoms with Gasteiger partial charge in [-0.3, -0.25) is 14.2 Å². The van der Waals surface area contributed by atoms with E-state index in [1.165, 1.54) is 0 Å². The highest BCUT2D eigenvalue weighted by atomic mass is 32.2. The number of hydrogen-bond acceptors (Lipinski definition) is 5. The monoisotopic (exact) mass is 308 g/mol. The van der Waals surface area contributed by atoms with Crippen molar-refractivity contribution in [2.75, 3.05) is 12.8 Å². The number of carboxylic acids is 1. The zero-order chi connectivity index (χ0) is 15.6. The number of aryl methyl sites for hydroxylation is 1. The van der Waals surface area contributed by atoms with Gasteiger partial charge in [-0.05, 0) is 25.5 Å². The fraction of sp³-hybridized carbons (Fsp3) is 0.385. The predicted molar refractivity (Wildman–Crippen MR) is 79.4 cm³/mol. The Hall–Kier alpha value is -2.09. The molecule has 0 saturated heterocycles. The Balaban J connectivity index is 2.54. The molecule has 1 unspecified atom stereocenters. The Morgan fingerprint density at radius 1 is 1.52 bits per heavy atom. The highest BCUT2D eigenvalue weighted by molar-refractivity contribution is 7.99. The molecule has 2 N–H and O–H groups in total. The summed E-state index contributed by atoms with van der Waals surface area (Å²) in [6.07, 6.45) is 1.70. The van der Waals surface area contributed by atoms with Crippen LogP contribution in [-0.2, 0) is 9.59 Å². The van der Waals surface area contributed by atoms with Crippen LogP contribution in [-0.4, -0.2) is 44.3 Å². The van der Waals surface area contributed by atoms with Gasteiger partial charge in [0.25, 0.3) is 0 Å². The molecule has 0 aliphatic carbocycles. The van der Waals surface area contributed by atoms with E-state index in [1.54, 1.807) is 24.7 Å². The molecule has 21 heavy (non-hydrogen) atoms. The number of aromatic nitrogens is 3. The van der Waals surface area contributed by atoms with Gasteiger partial charge < -0.3 is 10.4 Å². The number of nitrogens with zero attached hydrogens (tertiary/aromatic N) is 3. The van der Waals surface area contributed by atoms with Crippen molar-refractivity contribution in [2.24, 2.45) is 0 Å². The molecule has 2 rings (SSSR count). The number of pyridine rings is 1. The van der Waals surface area contributed by atoms with Gasteiger partial charge in [0.2, 0.25) is 5.91 Å². The van der Waals surface area contributed by atoms with Crippen LogP contribution in [0.2, 0.25) is 0 Å². The number of carbonyl (C=O) groups is 2. The van der Waals surface area contributed by atoms with Crippen LogP contribution in [0, 0.1) is 6.92 Å². The van der Waals surface area contributed by atoms with E-state index >= 15 is 0 Å². The van der Waals surface area contributed by atoms with Crippen LogP contribution in [0.1, 0.15) is 18.5 Å². The normalized spacial score (nSPS) is 12.3. The van der Waals surface area contributed by atoms with Crippen LogP contribution in [0.4, 0.5) is 0 Å². The van der Waals surface area contributed by atoms with Gasteiger partial charge in [0, 0.05) is 13.2 Å². The molecule has 0 aliphatic rings. The van der Waals surface area contributed by atoms with Crippen LogP contribution >= 0.6 is 11.8 Å². The van der Waals surface area contributed by atoms with Gasteiger partial charge in [-0.1, -0.05) is 11.8 Å². The van der Waals surface area contributed by atoms with Gasteiger partial charge in [-0.2, -0.15) is 0 Å². The van der Waals surface area contributed by atoms with Gasteiger partial charge >= 0.3 is 5.97 Å². The molecular weight excluding hydrogens is 292 g/mol. The quantitative estimate of drug-likeness (QED) is 0.806. The maximum Gasteiger partial charge on any atom is 0.313 e. The van der Waals surface area contributed by atoms with E-state index < -0.39 is 12.0 Å². The highest BCUT2D eigenvalue weighted by Crippen LogP contribution is 2.27. The van der Waals surface area contributed by atoms with Gasteiger partial charge in [0.15, 0.2) is 10.8 Å². The van der Waals surface area contributed by atoms with Crippen molar-refractivity contribution in [1.82, 2.24) is 19.9 Å². The van der Waals surface area contributed by atoms with Gasteiger partial charge in [0.05, 0.1) is 5.75 Å². The number of rotatable bonds is 5. The lowest BCUT2D eigenvalue weighted by Gasteiger charge is -2.14. The fourth-order valence-corrected chi connectivity index (χ4v) is 2.76. The average Bonchev–Trinajstić information content (AvgIpc) is 2.80. The summed E-state index contributed by atoms with van der Waals surface area (Å²) in [6, 6.07) is 1.34. The second-order valence-corrected chi connectivity index (χ2v) is 5.53. The zero-order valence-electron chi connectivity index (χ0n) is 12.0. The number of hydrogen-bond donors (Lipinski definition) is 2. The number of aliphatic carboxylic acids is 1. The van der Waals surface area contributed by atoms with Crippen LogP contribution in [0.5, 0.6) is 0 Å². The SMILES string of the molecule is CNC(=O)C(C)n1c(SCC(=O)O)nc2cc(C)cnc21. The zero-order valence-corrected chi connectivity index (χ0v) is 12.8. The van der Waals surface area contributed by atoms with Gasteiger partial charge in [-0.25, -0.2) is 9.97 Å². The molecule has 2 aromatic heterocycles. The molecule has 7 nitrogen and oxygen atoms in total. The first kappa shape index (κ1) is 15.3. The summed E-state index contributed by atoms with van der Waals surface area (Å²) in [7, 11) is 1.56. The third-order valence-electron chi connectivity index (χ3n) is 2.97. The van der Waals surface area contributed by atoms with E-state index in [4.69, 9.17) is 5.11 Å². The maximum atomic E-state index is 11.9. The van der Waals surface area contributed by atoms with E-state index in [9.17, 15) is 9.59 Å². The van der Waals surface area contributed by atoms with Crippen molar-refractivity contribution in [3.63, 3.8) is 0 Å². The molecule has 0 aromatic carbocycles. The Kier molecular flexibility index (Phi) is 4.46. The molecular formula is C13H16N4O3S. The van der Waals surface area contributed by atoms with Crippen LogP contribution in [0.25, 0.3) is 11.2 Å². The molecule has 0 aliphatic heterocycles. The molecule has 1 amide bonds. The van der Waals surface area contributed by atoms with Gasteiger partial charge in [-0.15, -0.1) is 0 Å². The van der Waals surface area contributed by atoms with E-state index in [0.717, 1.165) is 17.3 Å². The molecule has 112 valence electrons. The van der Waals surface area contributed by atoms with Crippen molar-refractivity contribution in [1.29, 1.82) is 0 Å². The van der Waals surface area contributed by atoms with Crippen molar-refractivity contribution >= 4 is 34.8 Å². The van der Waals surface area contributed by atoms with E-state index in [2.05, 4.69) is 15.3 Å². The van der Waals surface area contributed by atoms with E-state index in [-0.39, 0.29) is 11.7 Å². The number of nitrogens with one attached hydrogen (secondary N) is 1. The predicted octanol–water partition coefficient (Wildman–Crippen LogP) is 1.22. The molecule has 2 aromatic rings.